The number of methoxy groups -OCH3 is 2. The van der Waals surface area contributed by atoms with E-state index in [0.29, 0.717) is 5.25 Å². The Hall–Kier alpha value is -0.550. The summed E-state index contributed by atoms with van der Waals surface area (Å²) in [7, 11) is 3.52. The van der Waals surface area contributed by atoms with Crippen molar-refractivity contribution in [1.82, 2.24) is 4.90 Å². The van der Waals surface area contributed by atoms with Crippen LogP contribution in [0.5, 0.6) is 0 Å². The van der Waals surface area contributed by atoms with E-state index < -0.39 is 0 Å². The van der Waals surface area contributed by atoms with E-state index in [1.165, 1.54) is 16.9 Å². The van der Waals surface area contributed by atoms with Crippen molar-refractivity contribution in [2.75, 3.05) is 47.1 Å². The summed E-state index contributed by atoms with van der Waals surface area (Å²) in [4.78, 5) is 3.89. The molecule has 19 heavy (non-hydrogen) atoms. The number of hydrogen-bond acceptors (Lipinski definition) is 4. The molecule has 0 fully saturated rings. The van der Waals surface area contributed by atoms with Gasteiger partial charge in [0.15, 0.2) is 0 Å². The van der Waals surface area contributed by atoms with Crippen LogP contribution in [0.1, 0.15) is 5.56 Å². The van der Waals surface area contributed by atoms with Gasteiger partial charge in [0, 0.05) is 44.0 Å². The van der Waals surface area contributed by atoms with Gasteiger partial charge in [-0.1, -0.05) is 18.2 Å². The molecule has 1 atom stereocenters. The third-order valence-electron chi connectivity index (χ3n) is 3.40. The molecule has 4 heteroatoms. The molecular formula is C15H23NO2S. The van der Waals surface area contributed by atoms with E-state index in [4.69, 9.17) is 9.47 Å². The Morgan fingerprint density at radius 3 is 2.47 bits per heavy atom. The third-order valence-corrected chi connectivity index (χ3v) is 4.70. The molecule has 1 heterocycles. The number of fused-ring (bicyclic) bond motifs is 1. The average Bonchev–Trinajstić information content (AvgIpc) is 2.84. The van der Waals surface area contributed by atoms with E-state index in [-0.39, 0.29) is 0 Å². The number of benzene rings is 1. The van der Waals surface area contributed by atoms with Crippen molar-refractivity contribution >= 4 is 11.8 Å². The van der Waals surface area contributed by atoms with E-state index in [0.717, 1.165) is 32.8 Å². The van der Waals surface area contributed by atoms with Crippen LogP contribution >= 0.6 is 11.8 Å². The number of hydrogen-bond donors (Lipinski definition) is 0. The van der Waals surface area contributed by atoms with Crippen LogP contribution < -0.4 is 0 Å². The summed E-state index contributed by atoms with van der Waals surface area (Å²) in [5.41, 5.74) is 1.50. The molecule has 0 aromatic heterocycles. The molecule has 0 aliphatic carbocycles. The van der Waals surface area contributed by atoms with E-state index in [9.17, 15) is 0 Å². The molecule has 1 aromatic carbocycles. The first kappa shape index (κ1) is 14.9. The molecular weight excluding hydrogens is 258 g/mol. The lowest BCUT2D eigenvalue weighted by Crippen LogP contribution is -2.36. The molecule has 106 valence electrons. The summed E-state index contributed by atoms with van der Waals surface area (Å²) in [6.45, 7) is 4.63. The molecule has 1 aliphatic heterocycles. The number of thioether (sulfide) groups is 1. The van der Waals surface area contributed by atoms with Crippen LogP contribution in [0.3, 0.4) is 0 Å². The second-order valence-electron chi connectivity index (χ2n) is 4.84. The third kappa shape index (κ3) is 4.49. The van der Waals surface area contributed by atoms with Crippen molar-refractivity contribution in [3.05, 3.63) is 29.8 Å². The zero-order chi connectivity index (χ0) is 13.5. The van der Waals surface area contributed by atoms with E-state index in [1.54, 1.807) is 14.2 Å². The van der Waals surface area contributed by atoms with Crippen LogP contribution in [0, 0.1) is 0 Å². The highest BCUT2D eigenvalue weighted by Gasteiger charge is 2.23. The molecule has 0 N–H and O–H groups in total. The maximum atomic E-state index is 5.19. The first-order chi connectivity index (χ1) is 9.33. The van der Waals surface area contributed by atoms with Gasteiger partial charge in [0.1, 0.15) is 0 Å². The van der Waals surface area contributed by atoms with Crippen molar-refractivity contribution in [3.8, 4) is 0 Å². The minimum atomic E-state index is 0.658. The molecule has 1 aliphatic rings. The van der Waals surface area contributed by atoms with E-state index in [2.05, 4.69) is 29.2 Å². The summed E-state index contributed by atoms with van der Waals surface area (Å²) < 4.78 is 10.4. The van der Waals surface area contributed by atoms with Crippen molar-refractivity contribution in [3.63, 3.8) is 0 Å². The summed E-state index contributed by atoms with van der Waals surface area (Å²) in [5, 5.41) is 0.658. The Bertz CT molecular complexity index is 353. The monoisotopic (exact) mass is 281 g/mol. The van der Waals surface area contributed by atoms with Crippen LogP contribution in [0.2, 0.25) is 0 Å². The molecule has 0 radical (unpaired) electrons. The molecule has 0 amide bonds. The lowest BCUT2D eigenvalue weighted by Gasteiger charge is -2.24. The van der Waals surface area contributed by atoms with Gasteiger partial charge in [-0.2, -0.15) is 0 Å². The summed E-state index contributed by atoms with van der Waals surface area (Å²) >= 11 is 2.01. The van der Waals surface area contributed by atoms with Gasteiger partial charge in [-0.15, -0.1) is 11.8 Å². The van der Waals surface area contributed by atoms with Gasteiger partial charge in [-0.3, -0.25) is 4.90 Å². The molecule has 3 nitrogen and oxygen atoms in total. The quantitative estimate of drug-likeness (QED) is 0.729. The van der Waals surface area contributed by atoms with Gasteiger partial charge in [-0.25, -0.2) is 0 Å². The number of nitrogens with zero attached hydrogens (tertiary/aromatic N) is 1. The zero-order valence-electron chi connectivity index (χ0n) is 11.8. The Balaban J connectivity index is 1.84. The molecule has 0 saturated carbocycles. The average molecular weight is 281 g/mol. The minimum absolute atomic E-state index is 0.658. The first-order valence-corrected chi connectivity index (χ1v) is 7.66. The standard InChI is InChI=1S/C15H23NO2S/c1-17-9-7-16(8-10-18-2)12-14-11-13-5-3-4-6-15(13)19-14/h3-6,14H,7-12H2,1-2H3. The SMILES string of the molecule is COCCN(CCOC)CC1Cc2ccccc2S1. The summed E-state index contributed by atoms with van der Waals surface area (Å²) in [5.74, 6) is 0. The molecule has 0 saturated heterocycles. The van der Waals surface area contributed by atoms with Crippen LogP contribution in [0.25, 0.3) is 0 Å². The maximum Gasteiger partial charge on any atom is 0.0589 e. The van der Waals surface area contributed by atoms with Gasteiger partial charge in [-0.05, 0) is 18.1 Å². The van der Waals surface area contributed by atoms with E-state index in [1.807, 2.05) is 11.8 Å². The largest absolute Gasteiger partial charge is 0.383 e. The fraction of sp³-hybridized carbons (Fsp3) is 0.600. The lowest BCUT2D eigenvalue weighted by molar-refractivity contribution is 0.114. The van der Waals surface area contributed by atoms with Crippen molar-refractivity contribution in [2.24, 2.45) is 0 Å². The number of ether oxygens (including phenoxy) is 2. The Morgan fingerprint density at radius 2 is 1.84 bits per heavy atom. The minimum Gasteiger partial charge on any atom is -0.383 e. The van der Waals surface area contributed by atoms with Crippen LogP contribution in [-0.2, 0) is 15.9 Å². The first-order valence-electron chi connectivity index (χ1n) is 6.78. The highest BCUT2D eigenvalue weighted by atomic mass is 32.2. The van der Waals surface area contributed by atoms with E-state index >= 15 is 0 Å². The van der Waals surface area contributed by atoms with Crippen molar-refractivity contribution in [1.29, 1.82) is 0 Å². The molecule has 1 unspecified atom stereocenters. The normalized spacial score (nSPS) is 17.9. The Kier molecular flexibility index (Phi) is 6.17. The fourth-order valence-corrected chi connectivity index (χ4v) is 3.75. The predicted octanol–water partition coefficient (Wildman–Crippen LogP) is 2.30. The topological polar surface area (TPSA) is 21.7 Å². The number of rotatable bonds is 8. The smallest absolute Gasteiger partial charge is 0.0589 e. The van der Waals surface area contributed by atoms with Crippen LogP contribution in [-0.4, -0.2) is 57.2 Å². The van der Waals surface area contributed by atoms with Gasteiger partial charge in [0.05, 0.1) is 13.2 Å². The van der Waals surface area contributed by atoms with Crippen LogP contribution in [0.4, 0.5) is 0 Å². The fourth-order valence-electron chi connectivity index (χ4n) is 2.38. The second kappa shape index (κ2) is 7.90. The molecule has 0 bridgehead atoms. The second-order valence-corrected chi connectivity index (χ2v) is 6.18. The van der Waals surface area contributed by atoms with Gasteiger partial charge < -0.3 is 9.47 Å². The van der Waals surface area contributed by atoms with Crippen molar-refractivity contribution in [2.45, 2.75) is 16.6 Å². The van der Waals surface area contributed by atoms with Crippen LogP contribution in [0.15, 0.2) is 29.2 Å². The van der Waals surface area contributed by atoms with Gasteiger partial charge in [0.25, 0.3) is 0 Å². The Labute approximate surface area is 120 Å². The molecule has 0 spiro atoms. The lowest BCUT2D eigenvalue weighted by atomic mass is 10.1. The predicted molar refractivity (Wildman–Crippen MR) is 80.0 cm³/mol. The zero-order valence-corrected chi connectivity index (χ0v) is 12.6. The highest BCUT2D eigenvalue weighted by molar-refractivity contribution is 8.00. The molecule has 2 rings (SSSR count). The van der Waals surface area contributed by atoms with Gasteiger partial charge in [0.2, 0.25) is 0 Å². The van der Waals surface area contributed by atoms with Crippen molar-refractivity contribution < 1.29 is 9.47 Å². The Morgan fingerprint density at radius 1 is 1.16 bits per heavy atom. The highest BCUT2D eigenvalue weighted by Crippen LogP contribution is 2.36. The summed E-state index contributed by atoms with van der Waals surface area (Å²) in [6, 6.07) is 8.74. The maximum absolute atomic E-state index is 5.19. The summed E-state index contributed by atoms with van der Waals surface area (Å²) in [6.07, 6.45) is 1.18. The molecule has 1 aromatic rings. The van der Waals surface area contributed by atoms with Gasteiger partial charge >= 0.3 is 0 Å².